The molecule has 0 bridgehead atoms. The summed E-state index contributed by atoms with van der Waals surface area (Å²) < 4.78 is 12.7. The van der Waals surface area contributed by atoms with E-state index < -0.39 is 0 Å². The van der Waals surface area contributed by atoms with Crippen molar-refractivity contribution in [2.75, 3.05) is 0 Å². The van der Waals surface area contributed by atoms with Crippen LogP contribution in [0.4, 0.5) is 4.39 Å². The molecule has 60 valence electrons. The molecule has 0 saturated heterocycles. The van der Waals surface area contributed by atoms with Gasteiger partial charge >= 0.3 is 0 Å². The lowest BCUT2D eigenvalue weighted by atomic mass is 10.1. The van der Waals surface area contributed by atoms with Crippen molar-refractivity contribution in [3.63, 3.8) is 0 Å². The molecule has 0 N–H and O–H groups in total. The van der Waals surface area contributed by atoms with Crippen LogP contribution >= 0.6 is 0 Å². The van der Waals surface area contributed by atoms with E-state index in [1.807, 2.05) is 26.8 Å². The van der Waals surface area contributed by atoms with Crippen molar-refractivity contribution in [1.29, 1.82) is 0 Å². The average molecular weight is 153 g/mol. The summed E-state index contributed by atoms with van der Waals surface area (Å²) in [7, 11) is 0. The fourth-order valence-electron chi connectivity index (χ4n) is 0.946. The normalized spacial score (nSPS) is 10.6. The average Bonchev–Trinajstić information content (AvgIpc) is 1.85. The summed E-state index contributed by atoms with van der Waals surface area (Å²) in [5.74, 6) is -0.0851. The van der Waals surface area contributed by atoms with Crippen LogP contribution in [0.25, 0.3) is 0 Å². The van der Waals surface area contributed by atoms with Crippen molar-refractivity contribution in [2.24, 2.45) is 0 Å². The fraction of sp³-hybridized carbons (Fsp3) is 0.444. The summed E-state index contributed by atoms with van der Waals surface area (Å²) in [6, 6.07) is 3.35. The molecule has 0 aromatic carbocycles. The van der Waals surface area contributed by atoms with Gasteiger partial charge in [-0.1, -0.05) is 13.8 Å². The number of aryl methyl sites for hydroxylation is 1. The molecule has 1 heterocycles. The van der Waals surface area contributed by atoms with Crippen LogP contribution < -0.4 is 0 Å². The van der Waals surface area contributed by atoms with Crippen LogP contribution in [-0.2, 0) is 0 Å². The number of hydrogen-bond donors (Lipinski definition) is 0. The van der Waals surface area contributed by atoms with Crippen molar-refractivity contribution >= 4 is 0 Å². The van der Waals surface area contributed by atoms with Crippen LogP contribution in [0.3, 0.4) is 0 Å². The van der Waals surface area contributed by atoms with Crippen LogP contribution in [0.2, 0.25) is 0 Å². The van der Waals surface area contributed by atoms with Gasteiger partial charge in [-0.05, 0) is 30.5 Å². The highest BCUT2D eigenvalue weighted by Crippen LogP contribution is 2.13. The minimum absolute atomic E-state index is 0.296. The molecule has 0 saturated carbocycles. The first-order chi connectivity index (χ1) is 5.09. The molecule has 1 aromatic heterocycles. The molecule has 11 heavy (non-hydrogen) atoms. The first-order valence-electron chi connectivity index (χ1n) is 3.73. The SMILES string of the molecule is Cc1cc(F)nc(C(C)C)c1. The van der Waals surface area contributed by atoms with E-state index in [0.717, 1.165) is 11.3 Å². The molecule has 0 fully saturated rings. The van der Waals surface area contributed by atoms with E-state index in [0.29, 0.717) is 5.92 Å². The van der Waals surface area contributed by atoms with E-state index in [2.05, 4.69) is 4.98 Å². The van der Waals surface area contributed by atoms with Gasteiger partial charge in [-0.2, -0.15) is 4.39 Å². The van der Waals surface area contributed by atoms with E-state index in [9.17, 15) is 4.39 Å². The Bertz CT molecular complexity index is 235. The van der Waals surface area contributed by atoms with E-state index in [1.165, 1.54) is 6.07 Å². The molecule has 1 aromatic rings. The minimum Gasteiger partial charge on any atom is -0.225 e. The predicted molar refractivity (Wildman–Crippen MR) is 43.0 cm³/mol. The Kier molecular flexibility index (Phi) is 2.22. The van der Waals surface area contributed by atoms with Gasteiger partial charge in [0.25, 0.3) is 0 Å². The van der Waals surface area contributed by atoms with Gasteiger partial charge in [0.15, 0.2) is 0 Å². The molecule has 1 nitrogen and oxygen atoms in total. The summed E-state index contributed by atoms with van der Waals surface area (Å²) in [5.41, 5.74) is 1.75. The maximum Gasteiger partial charge on any atom is 0.213 e. The number of rotatable bonds is 1. The first kappa shape index (κ1) is 8.18. The molecule has 0 aliphatic carbocycles. The molecule has 2 heteroatoms. The van der Waals surface area contributed by atoms with Crippen LogP contribution in [0, 0.1) is 12.9 Å². The third-order valence-corrected chi connectivity index (χ3v) is 1.55. The molecule has 1 rings (SSSR count). The number of halogens is 1. The van der Waals surface area contributed by atoms with Gasteiger partial charge in [0.1, 0.15) is 0 Å². The lowest BCUT2D eigenvalue weighted by Gasteiger charge is -2.04. The highest BCUT2D eigenvalue weighted by Gasteiger charge is 2.02. The van der Waals surface area contributed by atoms with Crippen molar-refractivity contribution in [1.82, 2.24) is 4.98 Å². The molecule has 0 spiro atoms. The van der Waals surface area contributed by atoms with E-state index in [1.54, 1.807) is 0 Å². The monoisotopic (exact) mass is 153 g/mol. The summed E-state index contributed by atoms with van der Waals surface area (Å²) in [4.78, 5) is 3.77. The standard InChI is InChI=1S/C9H12FN/c1-6(2)8-4-7(3)5-9(10)11-8/h4-6H,1-3H3. The maximum absolute atomic E-state index is 12.7. The summed E-state index contributed by atoms with van der Waals surface area (Å²) in [6.07, 6.45) is 0. The first-order valence-corrected chi connectivity index (χ1v) is 3.73. The predicted octanol–water partition coefficient (Wildman–Crippen LogP) is 2.65. The number of nitrogens with zero attached hydrogens (tertiary/aromatic N) is 1. The van der Waals surface area contributed by atoms with E-state index >= 15 is 0 Å². The summed E-state index contributed by atoms with van der Waals surface area (Å²) >= 11 is 0. The van der Waals surface area contributed by atoms with Crippen molar-refractivity contribution < 1.29 is 4.39 Å². The van der Waals surface area contributed by atoms with Gasteiger partial charge in [-0.15, -0.1) is 0 Å². The lowest BCUT2D eigenvalue weighted by molar-refractivity contribution is 0.570. The molecular weight excluding hydrogens is 141 g/mol. The minimum atomic E-state index is -0.381. The molecule has 0 unspecified atom stereocenters. The Labute approximate surface area is 66.3 Å². The second-order valence-corrected chi connectivity index (χ2v) is 3.05. The van der Waals surface area contributed by atoms with Crippen molar-refractivity contribution in [2.45, 2.75) is 26.7 Å². The van der Waals surface area contributed by atoms with Crippen LogP contribution in [0.1, 0.15) is 31.0 Å². The van der Waals surface area contributed by atoms with Crippen molar-refractivity contribution in [3.8, 4) is 0 Å². The van der Waals surface area contributed by atoms with Gasteiger partial charge in [0, 0.05) is 5.69 Å². The molecular formula is C9H12FN. The zero-order valence-corrected chi connectivity index (χ0v) is 7.06. The van der Waals surface area contributed by atoms with Gasteiger partial charge < -0.3 is 0 Å². The molecule has 0 radical (unpaired) electrons. The smallest absolute Gasteiger partial charge is 0.213 e. The fourth-order valence-corrected chi connectivity index (χ4v) is 0.946. The highest BCUT2D eigenvalue weighted by molar-refractivity contribution is 5.17. The second kappa shape index (κ2) is 2.99. The third-order valence-electron chi connectivity index (χ3n) is 1.55. The molecule has 0 amide bonds. The molecule has 0 atom stereocenters. The largest absolute Gasteiger partial charge is 0.225 e. The van der Waals surface area contributed by atoms with Crippen LogP contribution in [0.5, 0.6) is 0 Å². The quantitative estimate of drug-likeness (QED) is 0.565. The Morgan fingerprint density at radius 1 is 1.36 bits per heavy atom. The summed E-state index contributed by atoms with van der Waals surface area (Å²) in [5, 5.41) is 0. The van der Waals surface area contributed by atoms with Gasteiger partial charge in [0.05, 0.1) is 0 Å². The molecule has 0 aliphatic rings. The van der Waals surface area contributed by atoms with Gasteiger partial charge in [0.2, 0.25) is 5.95 Å². The zero-order valence-electron chi connectivity index (χ0n) is 7.06. The molecule has 0 aliphatic heterocycles. The maximum atomic E-state index is 12.7. The van der Waals surface area contributed by atoms with Gasteiger partial charge in [-0.25, -0.2) is 4.98 Å². The van der Waals surface area contributed by atoms with Crippen LogP contribution in [0.15, 0.2) is 12.1 Å². The van der Waals surface area contributed by atoms with E-state index in [-0.39, 0.29) is 5.95 Å². The number of aromatic nitrogens is 1. The Balaban J connectivity index is 3.08. The van der Waals surface area contributed by atoms with E-state index in [4.69, 9.17) is 0 Å². The number of pyridine rings is 1. The summed E-state index contributed by atoms with van der Waals surface area (Å²) in [6.45, 7) is 5.87. The Morgan fingerprint density at radius 2 is 2.00 bits per heavy atom. The van der Waals surface area contributed by atoms with Crippen molar-refractivity contribution in [3.05, 3.63) is 29.3 Å². The van der Waals surface area contributed by atoms with Gasteiger partial charge in [-0.3, -0.25) is 0 Å². The number of hydrogen-bond acceptors (Lipinski definition) is 1. The van der Waals surface area contributed by atoms with Crippen LogP contribution in [-0.4, -0.2) is 4.98 Å². The second-order valence-electron chi connectivity index (χ2n) is 3.05. The lowest BCUT2D eigenvalue weighted by Crippen LogP contribution is -1.95. The zero-order chi connectivity index (χ0) is 8.43. The third kappa shape index (κ3) is 2.00. The Hall–Kier alpha value is -0.920. The highest BCUT2D eigenvalue weighted by atomic mass is 19.1. The topological polar surface area (TPSA) is 12.9 Å². The Morgan fingerprint density at radius 3 is 2.45 bits per heavy atom.